The Kier molecular flexibility index (Phi) is 7.25. The van der Waals surface area contributed by atoms with Gasteiger partial charge in [-0.05, 0) is 38.0 Å². The monoisotopic (exact) mass is 294 g/mol. The van der Waals surface area contributed by atoms with Crippen molar-refractivity contribution in [2.45, 2.75) is 26.4 Å². The van der Waals surface area contributed by atoms with Crippen LogP contribution in [0, 0.1) is 0 Å². The summed E-state index contributed by atoms with van der Waals surface area (Å²) in [5.41, 5.74) is 1.13. The van der Waals surface area contributed by atoms with Gasteiger partial charge in [0, 0.05) is 13.1 Å². The highest BCUT2D eigenvalue weighted by molar-refractivity contribution is 5.87. The van der Waals surface area contributed by atoms with E-state index in [-0.39, 0.29) is 17.7 Å². The van der Waals surface area contributed by atoms with Gasteiger partial charge in [0.1, 0.15) is 0 Å². The number of amides is 2. The summed E-state index contributed by atoms with van der Waals surface area (Å²) in [7, 11) is 0. The van der Waals surface area contributed by atoms with Gasteiger partial charge in [0.15, 0.2) is 0 Å². The van der Waals surface area contributed by atoms with Gasteiger partial charge in [0.25, 0.3) is 0 Å². The summed E-state index contributed by atoms with van der Waals surface area (Å²) < 4.78 is 5.30. The summed E-state index contributed by atoms with van der Waals surface area (Å²) in [4.78, 5) is 22.3. The van der Waals surface area contributed by atoms with Gasteiger partial charge < -0.3 is 20.5 Å². The Morgan fingerprint density at radius 3 is 2.62 bits per heavy atom. The third kappa shape index (κ3) is 7.31. The molecule has 0 atom stereocenters. The molecule has 0 aromatic heterocycles. The zero-order valence-electron chi connectivity index (χ0n) is 12.4. The normalized spacial score (nSPS) is 10.4. The Labute approximate surface area is 124 Å². The second-order valence-electron chi connectivity index (χ2n) is 4.86. The smallest absolute Gasteiger partial charge is 0.335 e. The number of hydrogen-bond donors (Lipinski definition) is 3. The van der Waals surface area contributed by atoms with Crippen LogP contribution in [0.15, 0.2) is 24.3 Å². The number of nitrogens with one attached hydrogen (secondary N) is 2. The summed E-state index contributed by atoms with van der Waals surface area (Å²) in [6.45, 7) is 5.25. The first-order valence-electron chi connectivity index (χ1n) is 6.94. The first-order chi connectivity index (χ1) is 9.99. The number of carboxylic acids is 1. The van der Waals surface area contributed by atoms with Crippen LogP contribution in [-0.4, -0.2) is 42.9 Å². The van der Waals surface area contributed by atoms with Crippen LogP contribution in [0.2, 0.25) is 0 Å². The quantitative estimate of drug-likeness (QED) is 0.636. The van der Waals surface area contributed by atoms with Crippen molar-refractivity contribution in [3.63, 3.8) is 0 Å². The lowest BCUT2D eigenvalue weighted by atomic mass is 10.1. The Hall–Kier alpha value is -2.08. The topological polar surface area (TPSA) is 87.7 Å². The molecule has 0 unspecified atom stereocenters. The maximum Gasteiger partial charge on any atom is 0.335 e. The molecule has 2 amide bonds. The predicted molar refractivity (Wildman–Crippen MR) is 79.6 cm³/mol. The lowest BCUT2D eigenvalue weighted by Gasteiger charge is -2.10. The highest BCUT2D eigenvalue weighted by atomic mass is 16.5. The van der Waals surface area contributed by atoms with E-state index in [1.807, 2.05) is 19.9 Å². The number of urea groups is 1. The molecule has 0 spiro atoms. The van der Waals surface area contributed by atoms with Crippen molar-refractivity contribution in [3.8, 4) is 0 Å². The van der Waals surface area contributed by atoms with Crippen molar-refractivity contribution in [2.75, 3.05) is 19.7 Å². The maximum absolute atomic E-state index is 11.5. The van der Waals surface area contributed by atoms with Crippen LogP contribution in [0.5, 0.6) is 0 Å². The molecule has 116 valence electrons. The van der Waals surface area contributed by atoms with Gasteiger partial charge in [-0.25, -0.2) is 9.59 Å². The van der Waals surface area contributed by atoms with E-state index in [9.17, 15) is 9.59 Å². The molecule has 0 fully saturated rings. The molecule has 21 heavy (non-hydrogen) atoms. The largest absolute Gasteiger partial charge is 0.478 e. The minimum Gasteiger partial charge on any atom is -0.478 e. The fourth-order valence-electron chi connectivity index (χ4n) is 1.70. The van der Waals surface area contributed by atoms with E-state index in [1.54, 1.807) is 18.2 Å². The molecule has 1 aromatic rings. The molecule has 0 aliphatic carbocycles. The number of rotatable bonds is 8. The van der Waals surface area contributed by atoms with E-state index in [4.69, 9.17) is 9.84 Å². The van der Waals surface area contributed by atoms with Crippen LogP contribution in [0.1, 0.15) is 29.8 Å². The first-order valence-corrected chi connectivity index (χ1v) is 6.94. The number of hydrogen-bond acceptors (Lipinski definition) is 3. The first kappa shape index (κ1) is 17.0. The van der Waals surface area contributed by atoms with E-state index < -0.39 is 5.97 Å². The molecular weight excluding hydrogens is 272 g/mol. The van der Waals surface area contributed by atoms with Crippen molar-refractivity contribution in [1.82, 2.24) is 10.6 Å². The second-order valence-corrected chi connectivity index (χ2v) is 4.86. The van der Waals surface area contributed by atoms with Gasteiger partial charge in [0.05, 0.1) is 18.3 Å². The average Bonchev–Trinajstić information content (AvgIpc) is 2.44. The summed E-state index contributed by atoms with van der Waals surface area (Å²) in [5.74, 6) is -0.951. The Balaban J connectivity index is 2.22. The van der Waals surface area contributed by atoms with Crippen molar-refractivity contribution in [2.24, 2.45) is 0 Å². The lowest BCUT2D eigenvalue weighted by molar-refractivity contribution is 0.0696. The molecule has 0 radical (unpaired) electrons. The number of ether oxygens (including phenoxy) is 1. The molecule has 3 N–H and O–H groups in total. The molecule has 6 nitrogen and oxygen atoms in total. The predicted octanol–water partition coefficient (Wildman–Crippen LogP) is 1.65. The number of benzene rings is 1. The van der Waals surface area contributed by atoms with Crippen LogP contribution in [0.3, 0.4) is 0 Å². The minimum atomic E-state index is -0.951. The number of carbonyl (C=O) groups is 2. The van der Waals surface area contributed by atoms with Crippen molar-refractivity contribution in [1.29, 1.82) is 0 Å². The molecule has 6 heteroatoms. The van der Waals surface area contributed by atoms with E-state index in [1.165, 1.54) is 0 Å². The van der Waals surface area contributed by atoms with Crippen LogP contribution in [-0.2, 0) is 11.2 Å². The molecule has 0 heterocycles. The summed E-state index contributed by atoms with van der Waals surface area (Å²) in [5, 5.41) is 14.3. The van der Waals surface area contributed by atoms with E-state index >= 15 is 0 Å². The highest BCUT2D eigenvalue weighted by Crippen LogP contribution is 2.05. The van der Waals surface area contributed by atoms with Gasteiger partial charge >= 0.3 is 12.0 Å². The SMILES string of the molecule is CC(C)OCCNC(=O)NCCc1cccc(C(=O)O)c1. The van der Waals surface area contributed by atoms with Crippen LogP contribution < -0.4 is 10.6 Å². The zero-order chi connectivity index (χ0) is 15.7. The fourth-order valence-corrected chi connectivity index (χ4v) is 1.70. The Morgan fingerprint density at radius 1 is 1.24 bits per heavy atom. The van der Waals surface area contributed by atoms with Gasteiger partial charge in [-0.15, -0.1) is 0 Å². The number of carboxylic acid groups (broad SMARTS) is 1. The van der Waals surface area contributed by atoms with E-state index in [2.05, 4.69) is 10.6 Å². The Morgan fingerprint density at radius 2 is 1.95 bits per heavy atom. The fraction of sp³-hybridized carbons (Fsp3) is 0.467. The molecule has 0 aliphatic heterocycles. The maximum atomic E-state index is 11.5. The highest BCUT2D eigenvalue weighted by Gasteiger charge is 2.04. The summed E-state index contributed by atoms with van der Waals surface area (Å²) in [6, 6.07) is 6.43. The van der Waals surface area contributed by atoms with Gasteiger partial charge in [0.2, 0.25) is 0 Å². The third-order valence-electron chi connectivity index (χ3n) is 2.71. The van der Waals surface area contributed by atoms with Crippen molar-refractivity contribution < 1.29 is 19.4 Å². The van der Waals surface area contributed by atoms with E-state index in [0.717, 1.165) is 5.56 Å². The zero-order valence-corrected chi connectivity index (χ0v) is 12.4. The van der Waals surface area contributed by atoms with Crippen molar-refractivity contribution >= 4 is 12.0 Å². The Bertz CT molecular complexity index is 474. The molecule has 1 aromatic carbocycles. The summed E-state index contributed by atoms with van der Waals surface area (Å²) >= 11 is 0. The van der Waals surface area contributed by atoms with E-state index in [0.29, 0.717) is 26.1 Å². The van der Waals surface area contributed by atoms with Gasteiger partial charge in [-0.2, -0.15) is 0 Å². The van der Waals surface area contributed by atoms with Gasteiger partial charge in [-0.3, -0.25) is 0 Å². The standard InChI is InChI=1S/C15H22N2O4/c1-11(2)21-9-8-17-15(20)16-7-6-12-4-3-5-13(10-12)14(18)19/h3-5,10-11H,6-9H2,1-2H3,(H,18,19)(H2,16,17,20). The molecule has 0 saturated carbocycles. The van der Waals surface area contributed by atoms with Crippen LogP contribution in [0.25, 0.3) is 0 Å². The number of aromatic carboxylic acids is 1. The summed E-state index contributed by atoms with van der Waals surface area (Å²) in [6.07, 6.45) is 0.730. The lowest BCUT2D eigenvalue weighted by Crippen LogP contribution is -2.38. The number of carbonyl (C=O) groups excluding carboxylic acids is 1. The van der Waals surface area contributed by atoms with Crippen LogP contribution in [0.4, 0.5) is 4.79 Å². The molecular formula is C15H22N2O4. The molecule has 0 aliphatic rings. The second kappa shape index (κ2) is 8.97. The van der Waals surface area contributed by atoms with Crippen molar-refractivity contribution in [3.05, 3.63) is 35.4 Å². The molecule has 0 bridgehead atoms. The third-order valence-corrected chi connectivity index (χ3v) is 2.71. The minimum absolute atomic E-state index is 0.149. The van der Waals surface area contributed by atoms with Crippen LogP contribution >= 0.6 is 0 Å². The average molecular weight is 294 g/mol. The van der Waals surface area contributed by atoms with Gasteiger partial charge in [-0.1, -0.05) is 12.1 Å². The molecule has 0 saturated heterocycles. The molecule has 1 rings (SSSR count).